The van der Waals surface area contributed by atoms with E-state index in [1.807, 2.05) is 25.1 Å². The number of hydrogen-bond acceptors (Lipinski definition) is 3. The molecule has 0 aromatic heterocycles. The van der Waals surface area contributed by atoms with Crippen LogP contribution >= 0.6 is 23.2 Å². The molecule has 2 aromatic carbocycles. The minimum atomic E-state index is -0.895. The molecule has 0 amide bonds. The summed E-state index contributed by atoms with van der Waals surface area (Å²) in [5.41, 5.74) is 1.72. The molecule has 1 N–H and O–H groups in total. The summed E-state index contributed by atoms with van der Waals surface area (Å²) >= 11 is 11.9. The highest BCUT2D eigenvalue weighted by molar-refractivity contribution is 6.42. The zero-order chi connectivity index (χ0) is 17.5. The van der Waals surface area contributed by atoms with E-state index in [0.29, 0.717) is 29.0 Å². The number of ether oxygens (including phenoxy) is 2. The summed E-state index contributed by atoms with van der Waals surface area (Å²) in [5, 5.41) is 9.95. The van der Waals surface area contributed by atoms with Crippen molar-refractivity contribution in [2.45, 2.75) is 26.1 Å². The lowest BCUT2D eigenvalue weighted by Crippen LogP contribution is -2.10. The predicted octanol–water partition coefficient (Wildman–Crippen LogP) is 5.12. The molecule has 0 radical (unpaired) electrons. The van der Waals surface area contributed by atoms with Crippen molar-refractivity contribution in [2.24, 2.45) is 0 Å². The average Bonchev–Trinajstić information content (AvgIpc) is 2.56. The molecule has 0 bridgehead atoms. The lowest BCUT2D eigenvalue weighted by Gasteiger charge is -2.16. The number of rotatable bonds is 8. The molecule has 128 valence electrons. The van der Waals surface area contributed by atoms with Gasteiger partial charge >= 0.3 is 5.97 Å². The fourth-order valence-electron chi connectivity index (χ4n) is 2.21. The molecule has 0 heterocycles. The molecule has 4 nitrogen and oxygen atoms in total. The van der Waals surface area contributed by atoms with Gasteiger partial charge in [0.1, 0.15) is 12.4 Å². The normalized spacial score (nSPS) is 12.0. The van der Waals surface area contributed by atoms with E-state index >= 15 is 0 Å². The summed E-state index contributed by atoms with van der Waals surface area (Å²) in [4.78, 5) is 10.9. The first-order valence-electron chi connectivity index (χ1n) is 7.49. The topological polar surface area (TPSA) is 55.8 Å². The molecule has 0 fully saturated rings. The molecule has 2 aromatic rings. The van der Waals surface area contributed by atoms with Crippen molar-refractivity contribution in [3.8, 4) is 5.75 Å². The largest absolute Gasteiger partial charge is 0.489 e. The van der Waals surface area contributed by atoms with Gasteiger partial charge in [-0.25, -0.2) is 0 Å². The second kappa shape index (κ2) is 8.92. The first-order valence-corrected chi connectivity index (χ1v) is 8.25. The van der Waals surface area contributed by atoms with Gasteiger partial charge in [-0.3, -0.25) is 4.79 Å². The van der Waals surface area contributed by atoms with Crippen molar-refractivity contribution in [1.29, 1.82) is 0 Å². The van der Waals surface area contributed by atoms with Gasteiger partial charge in [0, 0.05) is 6.61 Å². The monoisotopic (exact) mass is 368 g/mol. The van der Waals surface area contributed by atoms with Crippen LogP contribution in [0.3, 0.4) is 0 Å². The molecule has 6 heteroatoms. The third-order valence-corrected chi connectivity index (χ3v) is 4.11. The van der Waals surface area contributed by atoms with Crippen LogP contribution in [-0.4, -0.2) is 17.7 Å². The van der Waals surface area contributed by atoms with E-state index in [2.05, 4.69) is 0 Å². The predicted molar refractivity (Wildman–Crippen MR) is 93.9 cm³/mol. The Balaban J connectivity index is 2.00. The van der Waals surface area contributed by atoms with E-state index in [-0.39, 0.29) is 6.42 Å². The lowest BCUT2D eigenvalue weighted by molar-refractivity contribution is -0.140. The first kappa shape index (κ1) is 18.6. The molecular weight excluding hydrogens is 351 g/mol. The van der Waals surface area contributed by atoms with Gasteiger partial charge in [0.25, 0.3) is 0 Å². The summed E-state index contributed by atoms with van der Waals surface area (Å²) in [6, 6.07) is 12.5. The van der Waals surface area contributed by atoms with Gasteiger partial charge in [-0.05, 0) is 42.3 Å². The number of hydrogen-bond donors (Lipinski definition) is 1. The minimum absolute atomic E-state index is 0.0721. The van der Waals surface area contributed by atoms with Crippen molar-refractivity contribution in [1.82, 2.24) is 0 Å². The maximum Gasteiger partial charge on any atom is 0.306 e. The molecule has 1 atom stereocenters. The van der Waals surface area contributed by atoms with Gasteiger partial charge in [-0.2, -0.15) is 0 Å². The van der Waals surface area contributed by atoms with Gasteiger partial charge in [0.05, 0.1) is 22.6 Å². The molecule has 0 unspecified atom stereocenters. The minimum Gasteiger partial charge on any atom is -0.489 e. The van der Waals surface area contributed by atoms with E-state index in [1.165, 1.54) is 0 Å². The maximum atomic E-state index is 10.9. The second-order valence-corrected chi connectivity index (χ2v) is 5.96. The molecule has 0 saturated carbocycles. The van der Waals surface area contributed by atoms with Crippen molar-refractivity contribution >= 4 is 29.2 Å². The van der Waals surface area contributed by atoms with Crippen LogP contribution in [0, 0.1) is 0 Å². The molecule has 0 aliphatic rings. The summed E-state index contributed by atoms with van der Waals surface area (Å²) in [6.07, 6.45) is -0.534. The van der Waals surface area contributed by atoms with E-state index < -0.39 is 12.1 Å². The maximum absolute atomic E-state index is 10.9. The number of aliphatic carboxylic acids is 1. The zero-order valence-corrected chi connectivity index (χ0v) is 14.7. The van der Waals surface area contributed by atoms with Crippen molar-refractivity contribution in [3.05, 3.63) is 63.6 Å². The Hall–Kier alpha value is -1.75. The number of carbonyl (C=O) groups is 1. The second-order valence-electron chi connectivity index (χ2n) is 5.15. The van der Waals surface area contributed by atoms with Crippen LogP contribution in [0.5, 0.6) is 5.75 Å². The third kappa shape index (κ3) is 5.41. The Bertz CT molecular complexity index is 686. The van der Waals surface area contributed by atoms with Crippen LogP contribution in [-0.2, 0) is 16.1 Å². The molecule has 24 heavy (non-hydrogen) atoms. The average molecular weight is 369 g/mol. The highest BCUT2D eigenvalue weighted by atomic mass is 35.5. The number of benzene rings is 2. The standard InChI is InChI=1S/C18H18Cl2O4/c1-2-23-17(10-18(21)22)13-4-6-14(7-5-13)24-11-12-3-8-15(19)16(20)9-12/h3-9,17H,2,10-11H2,1H3,(H,21,22)/t17-/m1/s1. The highest BCUT2D eigenvalue weighted by Crippen LogP contribution is 2.25. The van der Waals surface area contributed by atoms with E-state index in [0.717, 1.165) is 11.1 Å². The summed E-state index contributed by atoms with van der Waals surface area (Å²) in [6.45, 7) is 2.65. The van der Waals surface area contributed by atoms with Crippen molar-refractivity contribution < 1.29 is 19.4 Å². The van der Waals surface area contributed by atoms with Crippen LogP contribution in [0.4, 0.5) is 0 Å². The third-order valence-electron chi connectivity index (χ3n) is 3.37. The highest BCUT2D eigenvalue weighted by Gasteiger charge is 2.15. The van der Waals surface area contributed by atoms with Crippen LogP contribution in [0.15, 0.2) is 42.5 Å². The van der Waals surface area contributed by atoms with Gasteiger partial charge in [-0.15, -0.1) is 0 Å². The first-order chi connectivity index (χ1) is 11.5. The van der Waals surface area contributed by atoms with Gasteiger partial charge in [0.2, 0.25) is 0 Å². The Kier molecular flexibility index (Phi) is 6.91. The number of halogens is 2. The fourth-order valence-corrected chi connectivity index (χ4v) is 2.53. The van der Waals surface area contributed by atoms with Gasteiger partial charge < -0.3 is 14.6 Å². The Labute approximate surface area is 150 Å². The van der Waals surface area contributed by atoms with Crippen LogP contribution in [0.1, 0.15) is 30.6 Å². The summed E-state index contributed by atoms with van der Waals surface area (Å²) in [7, 11) is 0. The van der Waals surface area contributed by atoms with Gasteiger partial charge in [-0.1, -0.05) is 41.4 Å². The van der Waals surface area contributed by atoms with Crippen LogP contribution < -0.4 is 4.74 Å². The number of carboxylic acid groups (broad SMARTS) is 1. The van der Waals surface area contributed by atoms with E-state index in [1.54, 1.807) is 24.3 Å². The molecule has 0 spiro atoms. The smallest absolute Gasteiger partial charge is 0.306 e. The number of carboxylic acids is 1. The molecule has 0 saturated heterocycles. The SMILES string of the molecule is CCO[C@H](CC(=O)O)c1ccc(OCc2ccc(Cl)c(Cl)c2)cc1. The molecule has 0 aliphatic carbocycles. The van der Waals surface area contributed by atoms with Crippen molar-refractivity contribution in [2.75, 3.05) is 6.61 Å². The van der Waals surface area contributed by atoms with Gasteiger partial charge in [0.15, 0.2) is 0 Å². The Morgan fingerprint density at radius 3 is 2.42 bits per heavy atom. The quantitative estimate of drug-likeness (QED) is 0.701. The van der Waals surface area contributed by atoms with Crippen LogP contribution in [0.25, 0.3) is 0 Å². The molecular formula is C18H18Cl2O4. The van der Waals surface area contributed by atoms with Crippen molar-refractivity contribution in [3.63, 3.8) is 0 Å². The summed E-state index contributed by atoms with van der Waals surface area (Å²) in [5.74, 6) is -0.219. The Morgan fingerprint density at radius 1 is 1.12 bits per heavy atom. The lowest BCUT2D eigenvalue weighted by atomic mass is 10.1. The molecule has 0 aliphatic heterocycles. The van der Waals surface area contributed by atoms with E-state index in [4.69, 9.17) is 37.8 Å². The Morgan fingerprint density at radius 2 is 1.83 bits per heavy atom. The molecule has 2 rings (SSSR count). The van der Waals surface area contributed by atoms with Crippen LogP contribution in [0.2, 0.25) is 10.0 Å². The fraction of sp³-hybridized carbons (Fsp3) is 0.278. The summed E-state index contributed by atoms with van der Waals surface area (Å²) < 4.78 is 11.2. The van der Waals surface area contributed by atoms with E-state index in [9.17, 15) is 4.79 Å². The zero-order valence-electron chi connectivity index (χ0n) is 13.2.